The zero-order valence-electron chi connectivity index (χ0n) is 17.6. The van der Waals surface area contributed by atoms with Gasteiger partial charge < -0.3 is 14.1 Å². The van der Waals surface area contributed by atoms with Crippen molar-refractivity contribution in [1.82, 2.24) is 9.88 Å². The van der Waals surface area contributed by atoms with Crippen LogP contribution in [-0.4, -0.2) is 41.8 Å². The van der Waals surface area contributed by atoms with Gasteiger partial charge in [0.2, 0.25) is 5.91 Å². The van der Waals surface area contributed by atoms with Crippen LogP contribution in [0.4, 0.5) is 0 Å². The van der Waals surface area contributed by atoms with Crippen molar-refractivity contribution >= 4 is 11.7 Å². The van der Waals surface area contributed by atoms with Crippen molar-refractivity contribution in [2.75, 3.05) is 20.2 Å². The average molecular weight is 418 g/mol. The fourth-order valence-corrected chi connectivity index (χ4v) is 3.92. The van der Waals surface area contributed by atoms with E-state index in [-0.39, 0.29) is 17.6 Å². The van der Waals surface area contributed by atoms with Crippen molar-refractivity contribution in [3.05, 3.63) is 72.2 Å². The largest absolute Gasteiger partial charge is 0.497 e. The number of likely N-dealkylation sites (tertiary alicyclic amines) is 1. The number of oxazole rings is 1. The van der Waals surface area contributed by atoms with Crippen LogP contribution < -0.4 is 4.74 Å². The summed E-state index contributed by atoms with van der Waals surface area (Å²) >= 11 is 0. The van der Waals surface area contributed by atoms with Gasteiger partial charge in [0.25, 0.3) is 0 Å². The molecule has 0 unspecified atom stereocenters. The van der Waals surface area contributed by atoms with Crippen LogP contribution >= 0.6 is 0 Å². The first-order valence-corrected chi connectivity index (χ1v) is 10.6. The third kappa shape index (κ3) is 5.02. The lowest BCUT2D eigenvalue weighted by Gasteiger charge is -2.31. The second-order valence-electron chi connectivity index (χ2n) is 7.73. The minimum absolute atomic E-state index is 0.0439. The second kappa shape index (κ2) is 9.60. The van der Waals surface area contributed by atoms with Crippen LogP contribution in [0.2, 0.25) is 0 Å². The Bertz CT molecular complexity index is 1020. The van der Waals surface area contributed by atoms with Gasteiger partial charge in [0.05, 0.1) is 13.3 Å². The summed E-state index contributed by atoms with van der Waals surface area (Å²) in [6.45, 7) is 1.21. The third-order valence-corrected chi connectivity index (χ3v) is 5.76. The normalized spacial score (nSPS) is 14.4. The zero-order valence-corrected chi connectivity index (χ0v) is 17.6. The van der Waals surface area contributed by atoms with E-state index in [1.165, 1.54) is 0 Å². The maximum absolute atomic E-state index is 12.7. The Balaban J connectivity index is 1.25. The Labute approximate surface area is 181 Å². The molecule has 0 saturated carbocycles. The third-order valence-electron chi connectivity index (χ3n) is 5.76. The topological polar surface area (TPSA) is 72.6 Å². The molecule has 2 aromatic carbocycles. The number of aromatic nitrogens is 1. The van der Waals surface area contributed by atoms with Crippen LogP contribution in [0.15, 0.2) is 65.2 Å². The number of hydrogen-bond donors (Lipinski definition) is 0. The smallest absolute Gasteiger partial charge is 0.223 e. The standard InChI is InChI=1S/C25H26N2O4/c1-30-21-9-7-19(8-10-21)25(29)20-13-15-27(16-14-20)24(28)12-11-23-26-17-22(31-23)18-5-3-2-4-6-18/h2-10,17,20H,11-16H2,1H3. The molecule has 1 aromatic heterocycles. The number of ketones is 1. The number of carbonyl (C=O) groups excluding carboxylic acids is 2. The Morgan fingerprint density at radius 1 is 1.06 bits per heavy atom. The molecule has 4 rings (SSSR count). The average Bonchev–Trinajstić information content (AvgIpc) is 3.32. The molecule has 31 heavy (non-hydrogen) atoms. The van der Waals surface area contributed by atoms with Gasteiger partial charge in [-0.1, -0.05) is 30.3 Å². The summed E-state index contributed by atoms with van der Waals surface area (Å²) in [6.07, 6.45) is 3.90. The van der Waals surface area contributed by atoms with Crippen LogP contribution in [0.1, 0.15) is 35.5 Å². The number of rotatable bonds is 7. The number of benzene rings is 2. The highest BCUT2D eigenvalue weighted by atomic mass is 16.5. The molecule has 1 aliphatic rings. The monoisotopic (exact) mass is 418 g/mol. The molecule has 0 spiro atoms. The van der Waals surface area contributed by atoms with E-state index in [0.29, 0.717) is 56.0 Å². The number of carbonyl (C=O) groups is 2. The maximum atomic E-state index is 12.7. The molecule has 3 aromatic rings. The van der Waals surface area contributed by atoms with Crippen LogP contribution in [0.3, 0.4) is 0 Å². The molecule has 0 radical (unpaired) electrons. The molecule has 0 aliphatic carbocycles. The van der Waals surface area contributed by atoms with E-state index in [1.807, 2.05) is 35.2 Å². The number of ether oxygens (including phenoxy) is 1. The Kier molecular flexibility index (Phi) is 6.46. The lowest BCUT2D eigenvalue weighted by molar-refractivity contribution is -0.132. The molecule has 1 aliphatic heterocycles. The van der Waals surface area contributed by atoms with Crippen molar-refractivity contribution in [3.63, 3.8) is 0 Å². The SMILES string of the molecule is COc1ccc(C(=O)C2CCN(C(=O)CCc3ncc(-c4ccccc4)o3)CC2)cc1. The molecule has 6 heteroatoms. The summed E-state index contributed by atoms with van der Waals surface area (Å²) in [7, 11) is 1.60. The molecule has 0 bridgehead atoms. The fraction of sp³-hybridized carbons (Fsp3) is 0.320. The van der Waals surface area contributed by atoms with Gasteiger partial charge in [0.15, 0.2) is 17.4 Å². The predicted molar refractivity (Wildman–Crippen MR) is 117 cm³/mol. The lowest BCUT2D eigenvalue weighted by Crippen LogP contribution is -2.40. The number of methoxy groups -OCH3 is 1. The minimum atomic E-state index is -0.0439. The van der Waals surface area contributed by atoms with E-state index >= 15 is 0 Å². The van der Waals surface area contributed by atoms with Crippen molar-refractivity contribution < 1.29 is 18.7 Å². The number of aryl methyl sites for hydroxylation is 1. The first-order valence-electron chi connectivity index (χ1n) is 10.6. The van der Waals surface area contributed by atoms with E-state index in [4.69, 9.17) is 9.15 Å². The molecule has 0 N–H and O–H groups in total. The van der Waals surface area contributed by atoms with Gasteiger partial charge in [-0.05, 0) is 37.1 Å². The van der Waals surface area contributed by atoms with Crippen molar-refractivity contribution in [1.29, 1.82) is 0 Å². The van der Waals surface area contributed by atoms with Crippen LogP contribution in [-0.2, 0) is 11.2 Å². The van der Waals surface area contributed by atoms with Crippen LogP contribution in [0.25, 0.3) is 11.3 Å². The quantitative estimate of drug-likeness (QED) is 0.532. The molecule has 0 atom stereocenters. The highest BCUT2D eigenvalue weighted by Gasteiger charge is 2.28. The number of amides is 1. The van der Waals surface area contributed by atoms with Gasteiger partial charge in [-0.25, -0.2) is 4.98 Å². The summed E-state index contributed by atoms with van der Waals surface area (Å²) in [5, 5.41) is 0. The fourth-order valence-electron chi connectivity index (χ4n) is 3.92. The molecule has 2 heterocycles. The molecule has 160 valence electrons. The number of piperidine rings is 1. The minimum Gasteiger partial charge on any atom is -0.497 e. The van der Waals surface area contributed by atoms with E-state index in [1.54, 1.807) is 37.6 Å². The second-order valence-corrected chi connectivity index (χ2v) is 7.73. The van der Waals surface area contributed by atoms with Gasteiger partial charge in [-0.15, -0.1) is 0 Å². The van der Waals surface area contributed by atoms with Crippen molar-refractivity contribution in [3.8, 4) is 17.1 Å². The number of hydrogen-bond acceptors (Lipinski definition) is 5. The Hall–Kier alpha value is -3.41. The van der Waals surface area contributed by atoms with Gasteiger partial charge in [0, 0.05) is 43.0 Å². The maximum Gasteiger partial charge on any atom is 0.223 e. The van der Waals surface area contributed by atoms with E-state index in [2.05, 4.69) is 4.98 Å². The van der Waals surface area contributed by atoms with Gasteiger partial charge in [-0.3, -0.25) is 9.59 Å². The summed E-state index contributed by atoms with van der Waals surface area (Å²) in [5.74, 6) is 2.19. The van der Waals surface area contributed by atoms with Gasteiger partial charge in [-0.2, -0.15) is 0 Å². The summed E-state index contributed by atoms with van der Waals surface area (Å²) in [4.78, 5) is 31.5. The Morgan fingerprint density at radius 2 is 1.77 bits per heavy atom. The van der Waals surface area contributed by atoms with Crippen molar-refractivity contribution in [2.45, 2.75) is 25.7 Å². The van der Waals surface area contributed by atoms with E-state index in [9.17, 15) is 9.59 Å². The lowest BCUT2D eigenvalue weighted by atomic mass is 9.88. The van der Waals surface area contributed by atoms with Gasteiger partial charge >= 0.3 is 0 Å². The van der Waals surface area contributed by atoms with Crippen molar-refractivity contribution in [2.24, 2.45) is 5.92 Å². The number of nitrogens with zero attached hydrogens (tertiary/aromatic N) is 2. The molecule has 1 fully saturated rings. The van der Waals surface area contributed by atoms with Gasteiger partial charge in [0.1, 0.15) is 5.75 Å². The summed E-state index contributed by atoms with van der Waals surface area (Å²) < 4.78 is 10.9. The molecule has 6 nitrogen and oxygen atoms in total. The van der Waals surface area contributed by atoms with E-state index < -0.39 is 0 Å². The highest BCUT2D eigenvalue weighted by molar-refractivity contribution is 5.98. The van der Waals surface area contributed by atoms with E-state index in [0.717, 1.165) is 11.3 Å². The molecule has 1 amide bonds. The Morgan fingerprint density at radius 3 is 2.45 bits per heavy atom. The first-order chi connectivity index (χ1) is 15.1. The van der Waals surface area contributed by atoms with Crippen LogP contribution in [0.5, 0.6) is 5.75 Å². The summed E-state index contributed by atoms with van der Waals surface area (Å²) in [6, 6.07) is 17.0. The predicted octanol–water partition coefficient (Wildman–Crippen LogP) is 4.40. The number of Topliss-reactive ketones (excluding diaryl/α,β-unsaturated/α-hetero) is 1. The van der Waals surface area contributed by atoms with Crippen LogP contribution in [0, 0.1) is 5.92 Å². The zero-order chi connectivity index (χ0) is 21.6. The molecular weight excluding hydrogens is 392 g/mol. The molecule has 1 saturated heterocycles. The first kappa shape index (κ1) is 20.8. The highest BCUT2D eigenvalue weighted by Crippen LogP contribution is 2.24. The summed E-state index contributed by atoms with van der Waals surface area (Å²) in [5.41, 5.74) is 1.67. The molecular formula is C25H26N2O4.